The van der Waals surface area contributed by atoms with Crippen molar-refractivity contribution in [3.63, 3.8) is 0 Å². The van der Waals surface area contributed by atoms with E-state index < -0.39 is 6.29 Å². The largest absolute Gasteiger partial charge is 0.434 e. The second-order valence-electron chi connectivity index (χ2n) is 4.97. The van der Waals surface area contributed by atoms with E-state index in [9.17, 15) is 4.79 Å². The van der Waals surface area contributed by atoms with Crippen LogP contribution in [0.2, 0.25) is 0 Å². The van der Waals surface area contributed by atoms with Gasteiger partial charge in [0.25, 0.3) is 0 Å². The molecule has 1 aliphatic rings. The van der Waals surface area contributed by atoms with Crippen LogP contribution in [0.4, 0.5) is 5.69 Å². The molecule has 0 spiro atoms. The van der Waals surface area contributed by atoms with Gasteiger partial charge in [-0.3, -0.25) is 4.79 Å². The van der Waals surface area contributed by atoms with Crippen LogP contribution in [-0.4, -0.2) is 12.3 Å². The second-order valence-corrected chi connectivity index (χ2v) is 4.97. The summed E-state index contributed by atoms with van der Waals surface area (Å²) in [7, 11) is 0. The molecule has 0 aliphatic carbocycles. The van der Waals surface area contributed by atoms with Crippen LogP contribution in [0.1, 0.15) is 24.9 Å². The molecular formula is C17H17NO3. The quantitative estimate of drug-likeness (QED) is 0.809. The van der Waals surface area contributed by atoms with Gasteiger partial charge in [0.1, 0.15) is 0 Å². The number of ether oxygens (including phenoxy) is 1. The number of carbonyl (C=O) groups excluding carboxylic acids is 1. The van der Waals surface area contributed by atoms with Gasteiger partial charge in [-0.15, -0.1) is 0 Å². The van der Waals surface area contributed by atoms with E-state index in [4.69, 9.17) is 9.57 Å². The molecule has 2 aromatic rings. The normalized spacial score (nSPS) is 21.3. The van der Waals surface area contributed by atoms with E-state index in [0.29, 0.717) is 6.42 Å². The molecule has 0 N–H and O–H groups in total. The van der Waals surface area contributed by atoms with Crippen LogP contribution < -0.4 is 5.06 Å². The van der Waals surface area contributed by atoms with Crippen LogP contribution in [0.25, 0.3) is 0 Å². The molecule has 0 aromatic heterocycles. The molecule has 2 atom stereocenters. The topological polar surface area (TPSA) is 38.8 Å². The summed E-state index contributed by atoms with van der Waals surface area (Å²) in [6.07, 6.45) is 0.0614. The summed E-state index contributed by atoms with van der Waals surface area (Å²) < 4.78 is 5.21. The van der Waals surface area contributed by atoms with E-state index in [1.165, 1.54) is 6.92 Å². The van der Waals surface area contributed by atoms with Gasteiger partial charge < -0.3 is 4.74 Å². The Morgan fingerprint density at radius 2 is 1.71 bits per heavy atom. The van der Waals surface area contributed by atoms with Crippen LogP contribution in [0.15, 0.2) is 60.7 Å². The molecule has 0 unspecified atom stereocenters. The number of benzene rings is 2. The molecule has 0 saturated carbocycles. The Morgan fingerprint density at radius 3 is 2.33 bits per heavy atom. The van der Waals surface area contributed by atoms with Gasteiger partial charge in [-0.05, 0) is 17.7 Å². The molecule has 1 saturated heterocycles. The molecule has 0 bridgehead atoms. The summed E-state index contributed by atoms with van der Waals surface area (Å²) in [6, 6.07) is 19.9. The van der Waals surface area contributed by atoms with Gasteiger partial charge in [0.2, 0.25) is 6.29 Å². The van der Waals surface area contributed by atoms with Gasteiger partial charge in [-0.25, -0.2) is 9.90 Å². The smallest absolute Gasteiger partial charge is 0.305 e. The van der Waals surface area contributed by atoms with Crippen LogP contribution >= 0.6 is 0 Å². The van der Waals surface area contributed by atoms with E-state index >= 15 is 0 Å². The molecule has 4 nitrogen and oxygen atoms in total. The van der Waals surface area contributed by atoms with Crippen molar-refractivity contribution in [3.05, 3.63) is 66.2 Å². The number of nitrogens with zero attached hydrogens (tertiary/aromatic N) is 1. The molecule has 1 fully saturated rings. The minimum atomic E-state index is -0.548. The number of esters is 1. The van der Waals surface area contributed by atoms with Gasteiger partial charge in [0, 0.05) is 13.3 Å². The Labute approximate surface area is 123 Å². The Bertz CT molecular complexity index is 552. The maximum Gasteiger partial charge on any atom is 0.305 e. The first kappa shape index (κ1) is 13.6. The van der Waals surface area contributed by atoms with Crippen molar-refractivity contribution in [3.8, 4) is 0 Å². The average Bonchev–Trinajstić information content (AvgIpc) is 2.92. The molecular weight excluding hydrogens is 266 g/mol. The molecule has 21 heavy (non-hydrogen) atoms. The molecule has 1 heterocycles. The highest BCUT2D eigenvalue weighted by Gasteiger charge is 2.36. The summed E-state index contributed by atoms with van der Waals surface area (Å²) in [4.78, 5) is 17.0. The van der Waals surface area contributed by atoms with E-state index in [1.807, 2.05) is 53.6 Å². The lowest BCUT2D eigenvalue weighted by molar-refractivity contribution is -0.168. The minimum absolute atomic E-state index is 0.0259. The zero-order valence-electron chi connectivity index (χ0n) is 11.8. The molecule has 108 valence electrons. The highest BCUT2D eigenvalue weighted by Crippen LogP contribution is 2.38. The van der Waals surface area contributed by atoms with Crippen molar-refractivity contribution in [2.45, 2.75) is 25.7 Å². The summed E-state index contributed by atoms with van der Waals surface area (Å²) in [5.41, 5.74) is 2.08. The third-order valence-electron chi connectivity index (χ3n) is 3.42. The van der Waals surface area contributed by atoms with E-state index in [1.54, 1.807) is 0 Å². The Balaban J connectivity index is 1.89. The van der Waals surface area contributed by atoms with Gasteiger partial charge >= 0.3 is 5.97 Å². The van der Waals surface area contributed by atoms with Crippen molar-refractivity contribution in [2.75, 3.05) is 5.06 Å². The van der Waals surface area contributed by atoms with E-state index in [-0.39, 0.29) is 12.0 Å². The first-order valence-electron chi connectivity index (χ1n) is 6.97. The zero-order valence-corrected chi connectivity index (χ0v) is 11.8. The van der Waals surface area contributed by atoms with E-state index in [0.717, 1.165) is 11.3 Å². The Morgan fingerprint density at radius 1 is 1.10 bits per heavy atom. The highest BCUT2D eigenvalue weighted by atomic mass is 16.8. The number of hydrogen-bond donors (Lipinski definition) is 0. The fourth-order valence-corrected chi connectivity index (χ4v) is 2.54. The lowest BCUT2D eigenvalue weighted by Gasteiger charge is -2.24. The number of hydrogen-bond acceptors (Lipinski definition) is 4. The third-order valence-corrected chi connectivity index (χ3v) is 3.42. The summed E-state index contributed by atoms with van der Waals surface area (Å²) in [6.45, 7) is 1.39. The monoisotopic (exact) mass is 283 g/mol. The second kappa shape index (κ2) is 5.97. The van der Waals surface area contributed by atoms with Crippen molar-refractivity contribution in [2.24, 2.45) is 0 Å². The SMILES string of the molecule is CC(=O)O[C@@H]1C[C@@H](c2ccccc2)N(c2ccccc2)O1. The maximum absolute atomic E-state index is 11.2. The number of carbonyl (C=O) groups is 1. The predicted octanol–water partition coefficient (Wildman–Crippen LogP) is 3.46. The van der Waals surface area contributed by atoms with Crippen LogP contribution in [0.5, 0.6) is 0 Å². The van der Waals surface area contributed by atoms with Crippen molar-refractivity contribution in [1.29, 1.82) is 0 Å². The highest BCUT2D eigenvalue weighted by molar-refractivity contribution is 5.66. The molecule has 4 heteroatoms. The van der Waals surface area contributed by atoms with Gasteiger partial charge in [-0.2, -0.15) is 0 Å². The van der Waals surface area contributed by atoms with Crippen LogP contribution in [-0.2, 0) is 14.4 Å². The van der Waals surface area contributed by atoms with Crippen LogP contribution in [0.3, 0.4) is 0 Å². The van der Waals surface area contributed by atoms with Gasteiger partial charge in [-0.1, -0.05) is 48.5 Å². The first-order chi connectivity index (χ1) is 10.2. The number of hydroxylamine groups is 1. The van der Waals surface area contributed by atoms with Crippen molar-refractivity contribution >= 4 is 11.7 Å². The van der Waals surface area contributed by atoms with Gasteiger partial charge in [0.05, 0.1) is 11.7 Å². The number of rotatable bonds is 3. The molecule has 0 amide bonds. The number of para-hydroxylation sites is 1. The van der Waals surface area contributed by atoms with Crippen LogP contribution in [0, 0.1) is 0 Å². The predicted molar refractivity (Wildman–Crippen MR) is 79.4 cm³/mol. The standard InChI is InChI=1S/C17H17NO3/c1-13(19)20-17-12-16(14-8-4-2-5-9-14)18(21-17)15-10-6-3-7-11-15/h2-11,16-17H,12H2,1H3/t16-,17-/m0/s1. The number of anilines is 1. The minimum Gasteiger partial charge on any atom is -0.434 e. The van der Waals surface area contributed by atoms with Crippen molar-refractivity contribution in [1.82, 2.24) is 0 Å². The lowest BCUT2D eigenvalue weighted by Crippen LogP contribution is -2.23. The Hall–Kier alpha value is -2.33. The third kappa shape index (κ3) is 3.06. The summed E-state index contributed by atoms with van der Waals surface area (Å²) >= 11 is 0. The van der Waals surface area contributed by atoms with E-state index in [2.05, 4.69) is 12.1 Å². The summed E-state index contributed by atoms with van der Waals surface area (Å²) in [5.74, 6) is -0.332. The zero-order chi connectivity index (χ0) is 14.7. The fourth-order valence-electron chi connectivity index (χ4n) is 2.54. The summed E-state index contributed by atoms with van der Waals surface area (Å²) in [5, 5.41) is 1.82. The first-order valence-corrected chi connectivity index (χ1v) is 6.97. The lowest BCUT2D eigenvalue weighted by atomic mass is 10.0. The fraction of sp³-hybridized carbons (Fsp3) is 0.235. The average molecular weight is 283 g/mol. The maximum atomic E-state index is 11.2. The molecule has 0 radical (unpaired) electrons. The Kier molecular flexibility index (Phi) is 3.88. The van der Waals surface area contributed by atoms with Gasteiger partial charge in [0.15, 0.2) is 0 Å². The molecule has 1 aliphatic heterocycles. The van der Waals surface area contributed by atoms with Crippen molar-refractivity contribution < 1.29 is 14.4 Å². The molecule has 3 rings (SSSR count). The molecule has 2 aromatic carbocycles.